The first kappa shape index (κ1) is 30.6. The minimum atomic E-state index is -1.03. The van der Waals surface area contributed by atoms with E-state index < -0.39 is 17.4 Å². The maximum absolute atomic E-state index is 14.1. The second kappa shape index (κ2) is 12.8. The Morgan fingerprint density at radius 3 is 2.50 bits per heavy atom. The molecule has 1 fully saturated rings. The zero-order chi connectivity index (χ0) is 31.4. The number of carboxylic acid groups (broad SMARTS) is 1. The number of anilines is 1. The van der Waals surface area contributed by atoms with Crippen LogP contribution in [-0.4, -0.2) is 60.6 Å². The van der Waals surface area contributed by atoms with E-state index >= 15 is 0 Å². The lowest BCUT2D eigenvalue weighted by Gasteiger charge is -2.40. The molecule has 2 unspecified atom stereocenters. The summed E-state index contributed by atoms with van der Waals surface area (Å²) >= 11 is 6.26. The molecule has 0 saturated carbocycles. The molecule has 2 N–H and O–H groups in total. The molecule has 1 aromatic heterocycles. The summed E-state index contributed by atoms with van der Waals surface area (Å²) in [5, 5.41) is 24.5. The van der Waals surface area contributed by atoms with Crippen molar-refractivity contribution >= 4 is 41.1 Å². The molecule has 11 heteroatoms. The van der Waals surface area contributed by atoms with Gasteiger partial charge in [0.1, 0.15) is 12.4 Å². The number of carbonyl (C=O) groups is 3. The van der Waals surface area contributed by atoms with Crippen molar-refractivity contribution in [2.75, 3.05) is 11.9 Å². The van der Waals surface area contributed by atoms with Crippen LogP contribution in [0.4, 0.5) is 5.69 Å². The number of carboxylic acids is 1. The Bertz CT molecular complexity index is 1700. The van der Waals surface area contributed by atoms with Gasteiger partial charge < -0.3 is 15.3 Å². The molecule has 0 spiro atoms. The Hall–Kier alpha value is -4.83. The molecule has 226 valence electrons. The van der Waals surface area contributed by atoms with Gasteiger partial charge in [-0.05, 0) is 82.3 Å². The number of aromatic carboxylic acids is 1. The number of halogens is 1. The maximum Gasteiger partial charge on any atom is 0.335 e. The van der Waals surface area contributed by atoms with Gasteiger partial charge in [0.05, 0.1) is 11.3 Å². The highest BCUT2D eigenvalue weighted by Crippen LogP contribution is 2.35. The predicted molar refractivity (Wildman–Crippen MR) is 168 cm³/mol. The van der Waals surface area contributed by atoms with E-state index in [1.165, 1.54) is 23.2 Å². The van der Waals surface area contributed by atoms with Crippen LogP contribution in [0.1, 0.15) is 66.6 Å². The molecule has 1 aliphatic heterocycles. The molecule has 2 amide bonds. The van der Waals surface area contributed by atoms with Crippen molar-refractivity contribution in [3.05, 3.63) is 106 Å². The number of carbonyl (C=O) groups excluding carboxylic acids is 2. The van der Waals surface area contributed by atoms with Crippen LogP contribution in [0, 0.1) is 0 Å². The molecule has 0 radical (unpaired) electrons. The van der Waals surface area contributed by atoms with Crippen LogP contribution in [0.5, 0.6) is 0 Å². The maximum atomic E-state index is 14.1. The quantitative estimate of drug-likeness (QED) is 0.255. The zero-order valence-corrected chi connectivity index (χ0v) is 25.4. The number of likely N-dealkylation sites (tertiary alicyclic amines) is 1. The molecular formula is C33H33ClN6O4. The second-order valence-corrected chi connectivity index (χ2v) is 12.2. The summed E-state index contributed by atoms with van der Waals surface area (Å²) in [5.74, 6) is -1.95. The number of hydrogen-bond acceptors (Lipinski definition) is 6. The summed E-state index contributed by atoms with van der Waals surface area (Å²) < 4.78 is 1.48. The van der Waals surface area contributed by atoms with Crippen molar-refractivity contribution in [2.24, 2.45) is 0 Å². The molecule has 4 aromatic rings. The lowest BCUT2D eigenvalue weighted by atomic mass is 9.82. The summed E-state index contributed by atoms with van der Waals surface area (Å²) in [6.07, 6.45) is 5.97. The number of nitrogens with one attached hydrogen (secondary N) is 1. The normalized spacial score (nSPS) is 17.0. The van der Waals surface area contributed by atoms with Crippen molar-refractivity contribution in [2.45, 2.75) is 51.0 Å². The molecule has 1 aliphatic rings. The summed E-state index contributed by atoms with van der Waals surface area (Å²) in [6, 6.07) is 18.9. The van der Waals surface area contributed by atoms with Crippen LogP contribution in [0.3, 0.4) is 0 Å². The topological polar surface area (TPSA) is 130 Å². The highest BCUT2D eigenvalue weighted by atomic mass is 35.5. The van der Waals surface area contributed by atoms with Crippen molar-refractivity contribution in [3.63, 3.8) is 0 Å². The van der Waals surface area contributed by atoms with Gasteiger partial charge in [-0.1, -0.05) is 62.7 Å². The van der Waals surface area contributed by atoms with Gasteiger partial charge in [0.25, 0.3) is 0 Å². The average Bonchev–Trinajstić information content (AvgIpc) is 3.54. The smallest absolute Gasteiger partial charge is 0.335 e. The van der Waals surface area contributed by atoms with Crippen LogP contribution < -0.4 is 5.32 Å². The van der Waals surface area contributed by atoms with E-state index in [0.29, 0.717) is 34.1 Å². The molecule has 1 saturated heterocycles. The standard InChI is InChI=1S/C33H33ClN6O4/c1-33(2,3)27-19-24(13-14-26(27)32(43)44)36-31(42)30-25(21-8-5-4-6-9-21)10-7-17-39(30)29(41)16-11-22-18-23(34)12-15-28(22)40-20-35-37-38-40/h4-6,8-9,11-16,18-20,25,30H,7,10,17H2,1-3H3,(H,36,42)(H,43,44)/b16-11+. The minimum absolute atomic E-state index is 0.180. The Balaban J connectivity index is 1.48. The fourth-order valence-electron chi connectivity index (χ4n) is 5.66. The summed E-state index contributed by atoms with van der Waals surface area (Å²) in [4.78, 5) is 41.4. The van der Waals surface area contributed by atoms with Gasteiger partial charge in [-0.3, -0.25) is 9.59 Å². The number of amides is 2. The molecule has 0 aliphatic carbocycles. The lowest BCUT2D eigenvalue weighted by Crippen LogP contribution is -2.53. The minimum Gasteiger partial charge on any atom is -0.478 e. The van der Waals surface area contributed by atoms with Gasteiger partial charge in [0, 0.05) is 34.8 Å². The third kappa shape index (κ3) is 6.70. The second-order valence-electron chi connectivity index (χ2n) is 11.7. The van der Waals surface area contributed by atoms with E-state index in [-0.39, 0.29) is 23.3 Å². The zero-order valence-electron chi connectivity index (χ0n) is 24.6. The SMILES string of the molecule is CC(C)(C)c1cc(NC(=O)C2C(c3ccccc3)CCCN2C(=O)/C=C/c2cc(Cl)ccc2-n2cnnn2)ccc1C(=O)O. The molecule has 3 aromatic carbocycles. The summed E-state index contributed by atoms with van der Waals surface area (Å²) in [7, 11) is 0. The molecule has 2 heterocycles. The molecular weight excluding hydrogens is 580 g/mol. The van der Waals surface area contributed by atoms with E-state index in [9.17, 15) is 19.5 Å². The number of tetrazole rings is 1. The molecule has 0 bridgehead atoms. The van der Waals surface area contributed by atoms with Gasteiger partial charge in [-0.25, -0.2) is 4.79 Å². The van der Waals surface area contributed by atoms with Crippen LogP contribution in [0.2, 0.25) is 5.02 Å². The number of piperidine rings is 1. The van der Waals surface area contributed by atoms with Crippen LogP contribution in [0.25, 0.3) is 11.8 Å². The highest BCUT2D eigenvalue weighted by Gasteiger charge is 2.39. The molecule has 10 nitrogen and oxygen atoms in total. The summed E-state index contributed by atoms with van der Waals surface area (Å²) in [6.45, 7) is 6.16. The van der Waals surface area contributed by atoms with Gasteiger partial charge >= 0.3 is 5.97 Å². The van der Waals surface area contributed by atoms with Crippen molar-refractivity contribution in [1.82, 2.24) is 25.1 Å². The Kier molecular flexibility index (Phi) is 8.91. The van der Waals surface area contributed by atoms with Crippen LogP contribution in [-0.2, 0) is 15.0 Å². The van der Waals surface area contributed by atoms with E-state index in [1.54, 1.807) is 41.3 Å². The number of benzene rings is 3. The van der Waals surface area contributed by atoms with Gasteiger partial charge in [0.15, 0.2) is 0 Å². The van der Waals surface area contributed by atoms with Crippen molar-refractivity contribution in [3.8, 4) is 5.69 Å². The first-order valence-electron chi connectivity index (χ1n) is 14.3. The first-order valence-corrected chi connectivity index (χ1v) is 14.7. The number of aromatic nitrogens is 4. The van der Waals surface area contributed by atoms with Crippen LogP contribution in [0.15, 0.2) is 79.1 Å². The number of hydrogen-bond donors (Lipinski definition) is 2. The largest absolute Gasteiger partial charge is 0.478 e. The van der Waals surface area contributed by atoms with Crippen LogP contribution >= 0.6 is 11.6 Å². The summed E-state index contributed by atoms with van der Waals surface area (Å²) in [5.41, 5.74) is 3.00. The lowest BCUT2D eigenvalue weighted by molar-refractivity contribution is -0.137. The predicted octanol–water partition coefficient (Wildman–Crippen LogP) is 5.74. The third-order valence-electron chi connectivity index (χ3n) is 7.73. The first-order chi connectivity index (χ1) is 21.0. The molecule has 44 heavy (non-hydrogen) atoms. The highest BCUT2D eigenvalue weighted by molar-refractivity contribution is 6.30. The Morgan fingerprint density at radius 1 is 1.05 bits per heavy atom. The van der Waals surface area contributed by atoms with E-state index in [1.807, 2.05) is 51.1 Å². The average molecular weight is 613 g/mol. The van der Waals surface area contributed by atoms with Gasteiger partial charge in [-0.2, -0.15) is 4.68 Å². The molecule has 5 rings (SSSR count). The Morgan fingerprint density at radius 2 is 1.82 bits per heavy atom. The van der Waals surface area contributed by atoms with Gasteiger partial charge in [-0.15, -0.1) is 5.10 Å². The van der Waals surface area contributed by atoms with Gasteiger partial charge in [0.2, 0.25) is 11.8 Å². The molecule has 2 atom stereocenters. The van der Waals surface area contributed by atoms with E-state index in [0.717, 1.165) is 18.4 Å². The fraction of sp³-hybridized carbons (Fsp3) is 0.273. The fourth-order valence-corrected chi connectivity index (χ4v) is 5.84. The Labute approximate surface area is 260 Å². The third-order valence-corrected chi connectivity index (χ3v) is 7.96. The number of nitrogens with zero attached hydrogens (tertiary/aromatic N) is 5. The van der Waals surface area contributed by atoms with E-state index in [4.69, 9.17) is 11.6 Å². The van der Waals surface area contributed by atoms with Crippen molar-refractivity contribution in [1.29, 1.82) is 0 Å². The van der Waals surface area contributed by atoms with E-state index in [2.05, 4.69) is 20.8 Å². The van der Waals surface area contributed by atoms with Crippen molar-refractivity contribution < 1.29 is 19.5 Å². The number of rotatable bonds is 7. The monoisotopic (exact) mass is 612 g/mol.